The van der Waals surface area contributed by atoms with Gasteiger partial charge < -0.3 is 9.64 Å². The quantitative estimate of drug-likeness (QED) is 0.615. The number of ether oxygens (including phenoxy) is 1. The number of aromatic nitrogens is 1. The van der Waals surface area contributed by atoms with Gasteiger partial charge in [0.2, 0.25) is 15.9 Å². The molecule has 2 heterocycles. The van der Waals surface area contributed by atoms with Gasteiger partial charge in [-0.25, -0.2) is 27.4 Å². The van der Waals surface area contributed by atoms with E-state index in [0.717, 1.165) is 0 Å². The zero-order valence-corrected chi connectivity index (χ0v) is 17.8. The highest BCUT2D eigenvalue weighted by atomic mass is 32.2. The Labute approximate surface area is 182 Å². The fourth-order valence-corrected chi connectivity index (χ4v) is 4.08. The Bertz CT molecular complexity index is 1330. The van der Waals surface area contributed by atoms with Crippen LogP contribution in [0.4, 0.5) is 20.2 Å². The Hall–Kier alpha value is -3.35. The van der Waals surface area contributed by atoms with Crippen LogP contribution in [0.25, 0.3) is 10.9 Å². The summed E-state index contributed by atoms with van der Waals surface area (Å²) in [5, 5.41) is 6.82. The van der Waals surface area contributed by atoms with Crippen LogP contribution >= 0.6 is 0 Å². The Morgan fingerprint density at radius 3 is 2.44 bits per heavy atom. The van der Waals surface area contributed by atoms with Crippen molar-refractivity contribution in [3.05, 3.63) is 53.7 Å². The number of sulfonamides is 1. The maximum Gasteiger partial charge on any atom is 0.249 e. The van der Waals surface area contributed by atoms with Gasteiger partial charge in [-0.2, -0.15) is 0 Å². The molecule has 0 radical (unpaired) electrons. The van der Waals surface area contributed by atoms with E-state index < -0.39 is 44.6 Å². The molecule has 2 aromatic carbocycles. The van der Waals surface area contributed by atoms with Crippen molar-refractivity contribution in [1.29, 1.82) is 0 Å². The van der Waals surface area contributed by atoms with E-state index in [0.29, 0.717) is 40.2 Å². The molecule has 0 saturated heterocycles. The van der Waals surface area contributed by atoms with E-state index >= 15 is 0 Å². The van der Waals surface area contributed by atoms with Gasteiger partial charge in [-0.3, -0.25) is 14.6 Å². The lowest BCUT2D eigenvalue weighted by Crippen LogP contribution is -2.45. The van der Waals surface area contributed by atoms with Gasteiger partial charge in [-0.05, 0) is 24.3 Å². The summed E-state index contributed by atoms with van der Waals surface area (Å²) in [6.45, 7) is -0.706. The molecular weight excluding hydrogens is 446 g/mol. The summed E-state index contributed by atoms with van der Waals surface area (Å²) in [5.74, 6) is -2.23. The SMILES string of the molecule is COc1ccc2c3c(cnc2c1)N(OC)CC(=O)N3Cc1c(F)cc(S(N)(=O)=O)cc1F. The van der Waals surface area contributed by atoms with Crippen molar-refractivity contribution < 1.29 is 31.6 Å². The second-order valence-electron chi connectivity index (χ2n) is 6.98. The highest BCUT2D eigenvalue weighted by molar-refractivity contribution is 7.89. The molecule has 2 N–H and O–H groups in total. The standard InChI is InChI=1S/C20H18F2N4O5S/c1-30-11-3-4-13-17(5-11)24-8-18-20(13)25(19(27)10-26(18)31-2)9-14-15(21)6-12(7-16(14)22)32(23,28)29/h3-8H,9-10H2,1-2H3,(H2,23,28,29). The summed E-state index contributed by atoms with van der Waals surface area (Å²) in [5.41, 5.74) is 0.766. The molecule has 1 aliphatic heterocycles. The Balaban J connectivity index is 1.88. The predicted molar refractivity (Wildman–Crippen MR) is 112 cm³/mol. The number of primary sulfonamides is 1. The molecule has 0 bridgehead atoms. The van der Waals surface area contributed by atoms with Gasteiger partial charge in [0.25, 0.3) is 0 Å². The third-order valence-corrected chi connectivity index (χ3v) is 6.02. The molecule has 1 amide bonds. The third-order valence-electron chi connectivity index (χ3n) is 5.13. The zero-order chi connectivity index (χ0) is 23.2. The van der Waals surface area contributed by atoms with Gasteiger partial charge in [-0.15, -0.1) is 0 Å². The molecule has 168 valence electrons. The van der Waals surface area contributed by atoms with Crippen molar-refractivity contribution in [2.75, 3.05) is 30.7 Å². The summed E-state index contributed by atoms with van der Waals surface area (Å²) in [4.78, 5) is 23.1. The average Bonchev–Trinajstić information content (AvgIpc) is 2.75. The van der Waals surface area contributed by atoms with Gasteiger partial charge in [-0.1, -0.05) is 0 Å². The monoisotopic (exact) mass is 464 g/mol. The Morgan fingerprint density at radius 1 is 1.16 bits per heavy atom. The first-order valence-corrected chi connectivity index (χ1v) is 10.8. The van der Waals surface area contributed by atoms with Crippen LogP contribution in [0.2, 0.25) is 0 Å². The van der Waals surface area contributed by atoms with Crippen LogP contribution in [0.1, 0.15) is 5.56 Å². The second kappa shape index (κ2) is 7.97. The highest BCUT2D eigenvalue weighted by Gasteiger charge is 2.33. The van der Waals surface area contributed by atoms with E-state index in [9.17, 15) is 22.0 Å². The van der Waals surface area contributed by atoms with Crippen LogP contribution in [0.5, 0.6) is 5.75 Å². The van der Waals surface area contributed by atoms with E-state index in [1.807, 2.05) is 0 Å². The minimum Gasteiger partial charge on any atom is -0.497 e. The topological polar surface area (TPSA) is 115 Å². The molecule has 3 aromatic rings. The first kappa shape index (κ1) is 21.9. The smallest absolute Gasteiger partial charge is 0.249 e. The summed E-state index contributed by atoms with van der Waals surface area (Å²) >= 11 is 0. The zero-order valence-electron chi connectivity index (χ0n) is 17.0. The van der Waals surface area contributed by atoms with Crippen LogP contribution in [-0.2, 0) is 26.2 Å². The van der Waals surface area contributed by atoms with Crippen LogP contribution < -0.4 is 19.8 Å². The number of benzene rings is 2. The maximum atomic E-state index is 14.7. The molecule has 1 aliphatic rings. The number of methoxy groups -OCH3 is 1. The number of carbonyl (C=O) groups excluding carboxylic acids is 1. The number of nitrogens with two attached hydrogens (primary N) is 1. The van der Waals surface area contributed by atoms with Gasteiger partial charge in [0.1, 0.15) is 29.6 Å². The molecule has 0 atom stereocenters. The van der Waals surface area contributed by atoms with E-state index in [1.165, 1.54) is 30.4 Å². The number of anilines is 2. The molecule has 0 saturated carbocycles. The summed E-state index contributed by atoms with van der Waals surface area (Å²) in [6, 6.07) is 6.25. The van der Waals surface area contributed by atoms with E-state index in [2.05, 4.69) is 4.98 Å². The number of hydroxylamine groups is 1. The Morgan fingerprint density at radius 2 is 1.84 bits per heavy atom. The molecule has 0 fully saturated rings. The highest BCUT2D eigenvalue weighted by Crippen LogP contribution is 2.41. The third kappa shape index (κ3) is 3.72. The lowest BCUT2D eigenvalue weighted by atomic mass is 10.1. The van der Waals surface area contributed by atoms with Gasteiger partial charge in [0.05, 0.1) is 43.1 Å². The predicted octanol–water partition coefficient (Wildman–Crippen LogP) is 2.08. The molecule has 9 nitrogen and oxygen atoms in total. The largest absolute Gasteiger partial charge is 0.497 e. The summed E-state index contributed by atoms with van der Waals surface area (Å²) in [6.07, 6.45) is 1.48. The molecule has 1 aromatic heterocycles. The lowest BCUT2D eigenvalue weighted by Gasteiger charge is -2.36. The fraction of sp³-hybridized carbons (Fsp3) is 0.200. The lowest BCUT2D eigenvalue weighted by molar-refractivity contribution is -0.118. The minimum absolute atomic E-state index is 0.217. The van der Waals surface area contributed by atoms with Crippen LogP contribution in [-0.4, -0.2) is 40.1 Å². The average molecular weight is 464 g/mol. The molecular formula is C20H18F2N4O5S. The number of fused-ring (bicyclic) bond motifs is 3. The van der Waals surface area contributed by atoms with E-state index in [4.69, 9.17) is 14.7 Å². The first-order chi connectivity index (χ1) is 15.1. The fourth-order valence-electron chi connectivity index (χ4n) is 3.54. The number of halogens is 2. The van der Waals surface area contributed by atoms with Gasteiger partial charge in [0.15, 0.2) is 0 Å². The number of hydrogen-bond donors (Lipinski definition) is 1. The summed E-state index contributed by atoms with van der Waals surface area (Å²) in [7, 11) is -1.42. The molecule has 0 spiro atoms. The molecule has 32 heavy (non-hydrogen) atoms. The maximum absolute atomic E-state index is 14.7. The van der Waals surface area contributed by atoms with Crippen molar-refractivity contribution in [2.24, 2.45) is 5.14 Å². The Kier molecular flexibility index (Phi) is 5.44. The van der Waals surface area contributed by atoms with Crippen molar-refractivity contribution in [3.8, 4) is 5.75 Å². The minimum atomic E-state index is -4.31. The second-order valence-corrected chi connectivity index (χ2v) is 8.55. The van der Waals surface area contributed by atoms with Crippen LogP contribution in [0.3, 0.4) is 0 Å². The molecule has 4 rings (SSSR count). The molecule has 0 unspecified atom stereocenters. The molecule has 12 heteroatoms. The summed E-state index contributed by atoms with van der Waals surface area (Å²) < 4.78 is 57.5. The van der Waals surface area contributed by atoms with Crippen LogP contribution in [0.15, 0.2) is 41.4 Å². The first-order valence-electron chi connectivity index (χ1n) is 9.23. The number of hydrogen-bond acceptors (Lipinski definition) is 7. The van der Waals surface area contributed by atoms with Crippen LogP contribution in [0, 0.1) is 11.6 Å². The van der Waals surface area contributed by atoms with Gasteiger partial charge in [0, 0.05) is 17.0 Å². The number of rotatable bonds is 5. The van der Waals surface area contributed by atoms with Crippen molar-refractivity contribution >= 4 is 38.2 Å². The van der Waals surface area contributed by atoms with Crippen molar-refractivity contribution in [1.82, 2.24) is 4.98 Å². The number of pyridine rings is 1. The van der Waals surface area contributed by atoms with Crippen molar-refractivity contribution in [3.63, 3.8) is 0 Å². The van der Waals surface area contributed by atoms with Crippen molar-refractivity contribution in [2.45, 2.75) is 11.4 Å². The number of carbonyl (C=O) groups is 1. The normalized spacial score (nSPS) is 14.1. The molecule has 0 aliphatic carbocycles. The van der Waals surface area contributed by atoms with Gasteiger partial charge >= 0.3 is 0 Å². The number of nitrogens with zero attached hydrogens (tertiary/aromatic N) is 3. The number of amides is 1. The van der Waals surface area contributed by atoms with E-state index in [1.54, 1.807) is 18.2 Å². The van der Waals surface area contributed by atoms with E-state index in [-0.39, 0.29) is 6.54 Å².